The summed E-state index contributed by atoms with van der Waals surface area (Å²) in [5, 5.41) is 3.43. The number of fused-ring (bicyclic) bond motifs is 1. The Balaban J connectivity index is 1.83. The van der Waals surface area contributed by atoms with E-state index in [9.17, 15) is 4.79 Å². The molecule has 33 heavy (non-hydrogen) atoms. The fraction of sp³-hybridized carbons (Fsp3) is 0.111. The highest BCUT2D eigenvalue weighted by atomic mass is 16.1. The minimum atomic E-state index is -0.327. The zero-order valence-corrected chi connectivity index (χ0v) is 18.5. The molecule has 6 nitrogen and oxygen atoms in total. The number of anilines is 3. The number of hydrogen-bond acceptors (Lipinski definition) is 5. The summed E-state index contributed by atoms with van der Waals surface area (Å²) in [5.41, 5.74) is 12.3. The molecular formula is C27H25N5O. The van der Waals surface area contributed by atoms with Crippen molar-refractivity contribution in [1.82, 2.24) is 9.97 Å². The van der Waals surface area contributed by atoms with Crippen LogP contribution in [0.1, 0.15) is 28.2 Å². The first-order valence-electron chi connectivity index (χ1n) is 10.8. The van der Waals surface area contributed by atoms with Crippen LogP contribution in [-0.4, -0.2) is 24.1 Å². The van der Waals surface area contributed by atoms with Gasteiger partial charge in [0, 0.05) is 25.7 Å². The number of nitrogens with one attached hydrogen (secondary N) is 2. The standard InChI is InChI=1S/C27H25N5O/c1-32(2)20-15-13-18(14-16-20)21-22(17-9-5-3-6-10-17)24(19-11-7-4-8-12-19)29-25-23(21)26(33)31-27(28)30-25/h3-16,21H,1-2H3,(H4,28,29,30,31,33). The zero-order chi connectivity index (χ0) is 22.9. The van der Waals surface area contributed by atoms with Gasteiger partial charge in [-0.1, -0.05) is 72.8 Å². The van der Waals surface area contributed by atoms with Crippen LogP contribution >= 0.6 is 0 Å². The van der Waals surface area contributed by atoms with E-state index in [-0.39, 0.29) is 17.4 Å². The Bertz CT molecular complexity index is 1370. The van der Waals surface area contributed by atoms with Crippen LogP contribution in [0.15, 0.2) is 89.7 Å². The molecule has 1 aliphatic rings. The number of nitrogen functional groups attached to an aromatic ring is 1. The van der Waals surface area contributed by atoms with Crippen LogP contribution in [0.3, 0.4) is 0 Å². The Labute approximate surface area is 192 Å². The number of aromatic nitrogens is 2. The van der Waals surface area contributed by atoms with Crippen molar-refractivity contribution in [2.24, 2.45) is 0 Å². The quantitative estimate of drug-likeness (QED) is 0.438. The summed E-state index contributed by atoms with van der Waals surface area (Å²) >= 11 is 0. The van der Waals surface area contributed by atoms with Crippen LogP contribution in [0.2, 0.25) is 0 Å². The Morgan fingerprint density at radius 3 is 2.06 bits per heavy atom. The van der Waals surface area contributed by atoms with Gasteiger partial charge < -0.3 is 16.0 Å². The van der Waals surface area contributed by atoms with E-state index in [4.69, 9.17) is 5.73 Å². The summed E-state index contributed by atoms with van der Waals surface area (Å²) in [6.07, 6.45) is 0. The molecule has 1 aromatic heterocycles. The van der Waals surface area contributed by atoms with Gasteiger partial charge in [-0.3, -0.25) is 9.78 Å². The van der Waals surface area contributed by atoms with E-state index >= 15 is 0 Å². The van der Waals surface area contributed by atoms with Gasteiger partial charge in [0.15, 0.2) is 0 Å². The molecule has 0 bridgehead atoms. The van der Waals surface area contributed by atoms with Crippen molar-refractivity contribution in [2.45, 2.75) is 5.92 Å². The van der Waals surface area contributed by atoms with Crippen molar-refractivity contribution in [1.29, 1.82) is 0 Å². The molecule has 0 aliphatic carbocycles. The van der Waals surface area contributed by atoms with Crippen LogP contribution in [0.25, 0.3) is 11.3 Å². The number of H-pyrrole nitrogens is 1. The predicted molar refractivity (Wildman–Crippen MR) is 135 cm³/mol. The minimum Gasteiger partial charge on any atom is -0.378 e. The Kier molecular flexibility index (Phi) is 5.18. The van der Waals surface area contributed by atoms with E-state index in [0.29, 0.717) is 11.4 Å². The number of nitrogens with two attached hydrogens (primary N) is 1. The number of aromatic amines is 1. The molecule has 6 heteroatoms. The Morgan fingerprint density at radius 2 is 1.45 bits per heavy atom. The summed E-state index contributed by atoms with van der Waals surface area (Å²) in [6, 6.07) is 28.6. The summed E-state index contributed by atoms with van der Waals surface area (Å²) < 4.78 is 0. The van der Waals surface area contributed by atoms with Crippen molar-refractivity contribution in [3.63, 3.8) is 0 Å². The van der Waals surface area contributed by atoms with Crippen molar-refractivity contribution in [2.75, 3.05) is 30.0 Å². The third kappa shape index (κ3) is 3.76. The van der Waals surface area contributed by atoms with Gasteiger partial charge in [0.2, 0.25) is 5.95 Å². The second-order valence-corrected chi connectivity index (χ2v) is 8.28. The highest BCUT2D eigenvalue weighted by molar-refractivity contribution is 6.02. The van der Waals surface area contributed by atoms with Crippen LogP contribution in [0.4, 0.5) is 17.5 Å². The maximum Gasteiger partial charge on any atom is 0.258 e. The predicted octanol–water partition coefficient (Wildman–Crippen LogP) is 4.54. The first kappa shape index (κ1) is 20.6. The molecule has 0 spiro atoms. The van der Waals surface area contributed by atoms with Gasteiger partial charge in [-0.15, -0.1) is 0 Å². The van der Waals surface area contributed by atoms with E-state index in [1.807, 2.05) is 50.5 Å². The molecule has 0 saturated carbocycles. The molecule has 2 heterocycles. The van der Waals surface area contributed by atoms with Gasteiger partial charge >= 0.3 is 0 Å². The normalized spacial score (nSPS) is 15.0. The van der Waals surface area contributed by atoms with E-state index in [2.05, 4.69) is 68.7 Å². The van der Waals surface area contributed by atoms with Gasteiger partial charge in [-0.25, -0.2) is 0 Å². The van der Waals surface area contributed by atoms with Crippen LogP contribution in [0.5, 0.6) is 0 Å². The molecular weight excluding hydrogens is 410 g/mol. The van der Waals surface area contributed by atoms with Crippen molar-refractivity contribution in [3.8, 4) is 0 Å². The van der Waals surface area contributed by atoms with Crippen molar-refractivity contribution >= 4 is 28.7 Å². The zero-order valence-electron chi connectivity index (χ0n) is 18.5. The summed E-state index contributed by atoms with van der Waals surface area (Å²) in [7, 11) is 4.02. The van der Waals surface area contributed by atoms with Gasteiger partial charge in [-0.05, 0) is 34.4 Å². The minimum absolute atomic E-state index is 0.0866. The average Bonchev–Trinajstić information content (AvgIpc) is 2.84. The lowest BCUT2D eigenvalue weighted by molar-refractivity contribution is 0.958. The summed E-state index contributed by atoms with van der Waals surface area (Å²) in [6.45, 7) is 0. The molecule has 3 aromatic carbocycles. The second-order valence-electron chi connectivity index (χ2n) is 8.28. The highest BCUT2D eigenvalue weighted by Gasteiger charge is 2.34. The van der Waals surface area contributed by atoms with Gasteiger partial charge in [0.05, 0.1) is 11.3 Å². The monoisotopic (exact) mass is 435 g/mol. The van der Waals surface area contributed by atoms with Gasteiger partial charge in [0.1, 0.15) is 5.82 Å². The van der Waals surface area contributed by atoms with E-state index < -0.39 is 0 Å². The lowest BCUT2D eigenvalue weighted by Gasteiger charge is -2.32. The molecule has 164 valence electrons. The summed E-state index contributed by atoms with van der Waals surface area (Å²) in [5.74, 6) is 0.243. The number of nitrogens with zero attached hydrogens (tertiary/aromatic N) is 2. The van der Waals surface area contributed by atoms with Gasteiger partial charge in [-0.2, -0.15) is 4.98 Å². The van der Waals surface area contributed by atoms with Crippen LogP contribution in [-0.2, 0) is 0 Å². The van der Waals surface area contributed by atoms with Crippen molar-refractivity contribution < 1.29 is 0 Å². The number of rotatable bonds is 4. The first-order valence-corrected chi connectivity index (χ1v) is 10.8. The molecule has 0 radical (unpaired) electrons. The Morgan fingerprint density at radius 1 is 0.848 bits per heavy atom. The molecule has 0 saturated heterocycles. The summed E-state index contributed by atoms with van der Waals surface area (Å²) in [4.78, 5) is 22.4. The highest BCUT2D eigenvalue weighted by Crippen LogP contribution is 2.47. The van der Waals surface area contributed by atoms with E-state index in [0.717, 1.165) is 33.6 Å². The van der Waals surface area contributed by atoms with Crippen LogP contribution < -0.4 is 21.5 Å². The fourth-order valence-electron chi connectivity index (χ4n) is 4.40. The topological polar surface area (TPSA) is 87.0 Å². The average molecular weight is 436 g/mol. The fourth-order valence-corrected chi connectivity index (χ4v) is 4.40. The molecule has 1 atom stereocenters. The maximum atomic E-state index is 13.2. The van der Waals surface area contributed by atoms with Crippen LogP contribution in [0, 0.1) is 0 Å². The largest absolute Gasteiger partial charge is 0.378 e. The molecule has 4 N–H and O–H groups in total. The molecule has 1 aliphatic heterocycles. The Hall–Kier alpha value is -4.32. The maximum absolute atomic E-state index is 13.2. The lowest BCUT2D eigenvalue weighted by atomic mass is 9.78. The van der Waals surface area contributed by atoms with E-state index in [1.54, 1.807) is 0 Å². The SMILES string of the molecule is CN(C)c1ccc(C2C(c3ccccc3)=C(c3ccccc3)Nc3nc(N)[nH]c(=O)c32)cc1. The molecule has 0 fully saturated rings. The smallest absolute Gasteiger partial charge is 0.258 e. The molecule has 0 amide bonds. The lowest BCUT2D eigenvalue weighted by Crippen LogP contribution is -2.28. The first-order chi connectivity index (χ1) is 16.0. The number of allylic oxidation sites excluding steroid dienone is 1. The van der Waals surface area contributed by atoms with E-state index in [1.165, 1.54) is 0 Å². The van der Waals surface area contributed by atoms with Gasteiger partial charge in [0.25, 0.3) is 5.56 Å². The third-order valence-electron chi connectivity index (χ3n) is 5.95. The molecule has 4 aromatic rings. The number of hydrogen-bond donors (Lipinski definition) is 3. The molecule has 5 rings (SSSR count). The number of benzene rings is 3. The third-order valence-corrected chi connectivity index (χ3v) is 5.95. The van der Waals surface area contributed by atoms with Crippen molar-refractivity contribution in [3.05, 3.63) is 118 Å². The second kappa shape index (κ2) is 8.31. The molecule has 1 unspecified atom stereocenters.